The summed E-state index contributed by atoms with van der Waals surface area (Å²) in [6.45, 7) is 6.17. The number of carbonyl (C=O) groups excluding carboxylic acids is 1. The monoisotopic (exact) mass is 101 g/mol. The van der Waals surface area contributed by atoms with Crippen LogP contribution in [0.15, 0.2) is 4.99 Å². The molecule has 0 radical (unpaired) electrons. The van der Waals surface area contributed by atoms with Gasteiger partial charge in [0.25, 0.3) is 0 Å². The Labute approximate surface area is 44.3 Å². The van der Waals surface area contributed by atoms with E-state index < -0.39 is 0 Å². The van der Waals surface area contributed by atoms with Crippen LogP contribution in [-0.2, 0) is 4.79 Å². The summed E-state index contributed by atoms with van der Waals surface area (Å²) in [5.41, 5.74) is 0. The van der Waals surface area contributed by atoms with Crippen LogP contribution in [0.5, 0.6) is 0 Å². The van der Waals surface area contributed by atoms with Gasteiger partial charge in [0.1, 0.15) is 5.78 Å². The number of Topliss-reactive ketones (excluding diaryl/α,β-unsaturated/α-hetero) is 1. The highest BCUT2D eigenvalue weighted by molar-refractivity contribution is 5.72. The van der Waals surface area contributed by atoms with Crippen LogP contribution in [0.1, 0.15) is 13.8 Å². The molecule has 0 aromatic carbocycles. The molecule has 2 nitrogen and oxygen atoms in total. The van der Waals surface area contributed by atoms with E-state index in [4.69, 9.17) is 0 Å². The van der Waals surface area contributed by atoms with E-state index in [1.54, 1.807) is 7.05 Å². The predicted molar refractivity (Wildman–Crippen MR) is 31.8 cm³/mol. The minimum Gasteiger partial charge on any atom is -0.304 e. The van der Waals surface area contributed by atoms with E-state index in [9.17, 15) is 4.79 Å². The van der Waals surface area contributed by atoms with Crippen LogP contribution in [0.25, 0.3) is 0 Å². The first-order chi connectivity index (χ1) is 3.15. The van der Waals surface area contributed by atoms with Gasteiger partial charge in [0.05, 0.1) is 0 Å². The molecule has 0 aromatic rings. The maximum absolute atomic E-state index is 9.44. The van der Waals surface area contributed by atoms with Gasteiger partial charge in [0.2, 0.25) is 0 Å². The molecule has 0 unspecified atom stereocenters. The SMILES string of the molecule is C=NC.CC(C)=O. The summed E-state index contributed by atoms with van der Waals surface area (Å²) in [5, 5.41) is 0. The van der Waals surface area contributed by atoms with Gasteiger partial charge in [0.15, 0.2) is 0 Å². The van der Waals surface area contributed by atoms with Crippen molar-refractivity contribution in [2.75, 3.05) is 7.05 Å². The number of rotatable bonds is 0. The molecule has 0 aromatic heterocycles. The first-order valence-corrected chi connectivity index (χ1v) is 1.97. The third kappa shape index (κ3) is 137. The minimum atomic E-state index is 0.167. The molecule has 0 amide bonds. The highest BCUT2D eigenvalue weighted by Crippen LogP contribution is 1.50. The lowest BCUT2D eigenvalue weighted by atomic mass is 10.6. The Morgan fingerprint density at radius 3 is 1.57 bits per heavy atom. The topological polar surface area (TPSA) is 29.4 Å². The highest BCUT2D eigenvalue weighted by atomic mass is 16.1. The Hall–Kier alpha value is -0.660. The molecule has 0 aliphatic heterocycles. The van der Waals surface area contributed by atoms with Gasteiger partial charge in [-0.25, -0.2) is 0 Å². The van der Waals surface area contributed by atoms with Crippen LogP contribution >= 0.6 is 0 Å². The summed E-state index contributed by atoms with van der Waals surface area (Å²) >= 11 is 0. The van der Waals surface area contributed by atoms with Crippen LogP contribution in [0.2, 0.25) is 0 Å². The zero-order valence-electron chi connectivity index (χ0n) is 5.06. The number of aliphatic imine (C=N–C) groups is 1. The van der Waals surface area contributed by atoms with Gasteiger partial charge in [0, 0.05) is 7.05 Å². The van der Waals surface area contributed by atoms with E-state index in [2.05, 4.69) is 11.7 Å². The van der Waals surface area contributed by atoms with Crippen LogP contribution in [-0.4, -0.2) is 19.5 Å². The summed E-state index contributed by atoms with van der Waals surface area (Å²) in [6, 6.07) is 0. The predicted octanol–water partition coefficient (Wildman–Crippen LogP) is 0.912. The van der Waals surface area contributed by atoms with Gasteiger partial charge < -0.3 is 9.79 Å². The van der Waals surface area contributed by atoms with Crippen molar-refractivity contribution >= 4 is 12.5 Å². The molecular formula is C5H11NO. The van der Waals surface area contributed by atoms with Gasteiger partial charge in [-0.15, -0.1) is 0 Å². The second-order valence-corrected chi connectivity index (χ2v) is 1.22. The maximum atomic E-state index is 9.44. The Morgan fingerprint density at radius 2 is 1.57 bits per heavy atom. The molecule has 0 spiro atoms. The minimum absolute atomic E-state index is 0.167. The number of nitrogens with zero attached hydrogens (tertiary/aromatic N) is 1. The molecule has 0 aliphatic carbocycles. The number of carbonyl (C=O) groups is 1. The largest absolute Gasteiger partial charge is 0.304 e. The van der Waals surface area contributed by atoms with Crippen molar-refractivity contribution in [3.63, 3.8) is 0 Å². The van der Waals surface area contributed by atoms with Gasteiger partial charge in [-0.1, -0.05) is 0 Å². The van der Waals surface area contributed by atoms with Crippen molar-refractivity contribution in [1.29, 1.82) is 0 Å². The lowest BCUT2D eigenvalue weighted by molar-refractivity contribution is -0.114. The van der Waals surface area contributed by atoms with Gasteiger partial charge >= 0.3 is 0 Å². The molecule has 7 heavy (non-hydrogen) atoms. The van der Waals surface area contributed by atoms with Gasteiger partial charge in [-0.05, 0) is 20.6 Å². The molecule has 0 aliphatic rings. The lowest BCUT2D eigenvalue weighted by Crippen LogP contribution is -1.69. The molecule has 0 heterocycles. The summed E-state index contributed by atoms with van der Waals surface area (Å²) in [4.78, 5) is 12.7. The second-order valence-electron chi connectivity index (χ2n) is 1.22. The summed E-state index contributed by atoms with van der Waals surface area (Å²) in [6.07, 6.45) is 0. The molecule has 0 N–H and O–H groups in total. The summed E-state index contributed by atoms with van der Waals surface area (Å²) < 4.78 is 0. The maximum Gasteiger partial charge on any atom is 0.126 e. The fraction of sp³-hybridized carbons (Fsp3) is 0.600. The van der Waals surface area contributed by atoms with E-state index >= 15 is 0 Å². The van der Waals surface area contributed by atoms with Crippen LogP contribution in [0.4, 0.5) is 0 Å². The third-order valence-corrected chi connectivity index (χ3v) is 0. The molecule has 2 heteroatoms. The zero-order chi connectivity index (χ0) is 6.28. The van der Waals surface area contributed by atoms with E-state index in [0.29, 0.717) is 0 Å². The van der Waals surface area contributed by atoms with E-state index in [0.717, 1.165) is 0 Å². The Morgan fingerprint density at radius 1 is 1.57 bits per heavy atom. The van der Waals surface area contributed by atoms with Crippen molar-refractivity contribution in [3.8, 4) is 0 Å². The van der Waals surface area contributed by atoms with Gasteiger partial charge in [-0.2, -0.15) is 0 Å². The fourth-order valence-electron chi connectivity index (χ4n) is 0. The van der Waals surface area contributed by atoms with Crippen molar-refractivity contribution in [2.24, 2.45) is 4.99 Å². The Balaban J connectivity index is 0. The van der Waals surface area contributed by atoms with Crippen LogP contribution in [0, 0.1) is 0 Å². The second kappa shape index (κ2) is 9.02. The third-order valence-electron chi connectivity index (χ3n) is 0. The molecule has 42 valence electrons. The van der Waals surface area contributed by atoms with Crippen molar-refractivity contribution in [3.05, 3.63) is 0 Å². The highest BCUT2D eigenvalue weighted by Gasteiger charge is 1.62. The van der Waals surface area contributed by atoms with E-state index in [1.807, 2.05) is 0 Å². The molecule has 0 saturated carbocycles. The normalized spacial score (nSPS) is 5.57. The van der Waals surface area contributed by atoms with Gasteiger partial charge in [-0.3, -0.25) is 0 Å². The first-order valence-electron chi connectivity index (χ1n) is 1.97. The first kappa shape index (κ1) is 9.60. The van der Waals surface area contributed by atoms with E-state index in [-0.39, 0.29) is 5.78 Å². The smallest absolute Gasteiger partial charge is 0.126 e. The quantitative estimate of drug-likeness (QED) is 0.417. The average molecular weight is 101 g/mol. The fourth-order valence-corrected chi connectivity index (χ4v) is 0. The number of ketones is 1. The molecular weight excluding hydrogens is 90.1 g/mol. The number of hydrogen-bond donors (Lipinski definition) is 0. The summed E-state index contributed by atoms with van der Waals surface area (Å²) in [5.74, 6) is 0.167. The molecule has 0 fully saturated rings. The molecule has 0 atom stereocenters. The van der Waals surface area contributed by atoms with E-state index in [1.165, 1.54) is 13.8 Å². The van der Waals surface area contributed by atoms with Crippen molar-refractivity contribution in [2.45, 2.75) is 13.8 Å². The van der Waals surface area contributed by atoms with Crippen LogP contribution < -0.4 is 0 Å². The molecule has 0 rings (SSSR count). The molecule has 0 saturated heterocycles. The van der Waals surface area contributed by atoms with Crippen LogP contribution in [0.3, 0.4) is 0 Å². The average Bonchev–Trinajstić information content (AvgIpc) is 1.33. The van der Waals surface area contributed by atoms with Crippen molar-refractivity contribution in [1.82, 2.24) is 0 Å². The Bertz CT molecular complexity index is 55.1. The summed E-state index contributed by atoms with van der Waals surface area (Å²) in [7, 11) is 1.64. The Kier molecular flexibility index (Phi) is 12.4. The zero-order valence-corrected chi connectivity index (χ0v) is 5.06. The standard InChI is InChI=1S/C3H6O.C2H5N/c1-3(2)4;1-3-2/h1-2H3;1H2,2H3. The van der Waals surface area contributed by atoms with Crippen molar-refractivity contribution < 1.29 is 4.79 Å². The lowest BCUT2D eigenvalue weighted by Gasteiger charge is -1.56. The molecule has 0 bridgehead atoms. The number of hydrogen-bond acceptors (Lipinski definition) is 2.